The monoisotopic (exact) mass is 334 g/mol. The highest BCUT2D eigenvalue weighted by Crippen LogP contribution is 2.32. The Kier molecular flexibility index (Phi) is 5.43. The highest BCUT2D eigenvalue weighted by atomic mass is 16.2. The maximum atomic E-state index is 12.5. The quantitative estimate of drug-likeness (QED) is 0.788. The summed E-state index contributed by atoms with van der Waals surface area (Å²) in [4.78, 5) is 30.1. The highest BCUT2D eigenvalue weighted by Gasteiger charge is 2.35. The van der Waals surface area contributed by atoms with E-state index in [1.54, 1.807) is 19.0 Å². The number of piperidine rings is 1. The maximum absolute atomic E-state index is 12.5. The second kappa shape index (κ2) is 7.55. The van der Waals surface area contributed by atoms with Crippen LogP contribution in [0.2, 0.25) is 0 Å². The third-order valence-electron chi connectivity index (χ3n) is 5.68. The molecular weight excluding hydrogens is 304 g/mol. The van der Waals surface area contributed by atoms with Crippen LogP contribution in [0.4, 0.5) is 4.79 Å². The van der Waals surface area contributed by atoms with Crippen molar-refractivity contribution in [3.05, 3.63) is 12.2 Å². The lowest BCUT2D eigenvalue weighted by molar-refractivity contribution is -0.130. The zero-order valence-electron chi connectivity index (χ0n) is 14.9. The van der Waals surface area contributed by atoms with Crippen molar-refractivity contribution in [1.29, 1.82) is 0 Å². The molecule has 0 radical (unpaired) electrons. The number of likely N-dealkylation sites (tertiary alicyclic amines) is 2. The van der Waals surface area contributed by atoms with Crippen LogP contribution in [0.3, 0.4) is 0 Å². The largest absolute Gasteiger partial charge is 0.348 e. The number of carbonyl (C=O) groups is 2. The molecule has 2 aliphatic heterocycles. The minimum atomic E-state index is 0.104. The number of rotatable bonds is 3. The van der Waals surface area contributed by atoms with Gasteiger partial charge in [-0.05, 0) is 37.5 Å². The van der Waals surface area contributed by atoms with Gasteiger partial charge < -0.3 is 15.1 Å². The van der Waals surface area contributed by atoms with Gasteiger partial charge in [-0.1, -0.05) is 12.2 Å². The van der Waals surface area contributed by atoms with E-state index in [2.05, 4.69) is 22.4 Å². The van der Waals surface area contributed by atoms with E-state index in [-0.39, 0.29) is 18.0 Å². The van der Waals surface area contributed by atoms with E-state index in [0.717, 1.165) is 51.9 Å². The van der Waals surface area contributed by atoms with Crippen LogP contribution in [0.25, 0.3) is 0 Å². The third kappa shape index (κ3) is 4.09. The van der Waals surface area contributed by atoms with E-state index in [1.807, 2.05) is 4.90 Å². The molecule has 0 saturated carbocycles. The first-order valence-electron chi connectivity index (χ1n) is 9.16. The SMILES string of the molecule is CN(C)C(=O)CN1CCC(NC(=O)N2CC3CC=CCC3C2)CC1. The predicted octanol–water partition coefficient (Wildman–Crippen LogP) is 1.15. The van der Waals surface area contributed by atoms with E-state index in [4.69, 9.17) is 0 Å². The molecule has 1 aliphatic carbocycles. The Hall–Kier alpha value is -1.56. The molecule has 0 spiro atoms. The summed E-state index contributed by atoms with van der Waals surface area (Å²) in [6, 6.07) is 0.344. The molecule has 2 atom stereocenters. The zero-order chi connectivity index (χ0) is 17.1. The van der Waals surface area contributed by atoms with E-state index >= 15 is 0 Å². The van der Waals surface area contributed by atoms with Gasteiger partial charge in [0.1, 0.15) is 0 Å². The van der Waals surface area contributed by atoms with Gasteiger partial charge in [-0.3, -0.25) is 9.69 Å². The lowest BCUT2D eigenvalue weighted by Crippen LogP contribution is -2.50. The van der Waals surface area contributed by atoms with Gasteiger partial charge in [0.25, 0.3) is 0 Å². The Morgan fingerprint density at radius 1 is 1.08 bits per heavy atom. The number of carbonyl (C=O) groups excluding carboxylic acids is 2. The topological polar surface area (TPSA) is 55.9 Å². The second-order valence-electron chi connectivity index (χ2n) is 7.66. The molecule has 2 fully saturated rings. The fourth-order valence-corrected chi connectivity index (χ4v) is 4.01. The second-order valence-corrected chi connectivity index (χ2v) is 7.66. The number of nitrogens with one attached hydrogen (secondary N) is 1. The summed E-state index contributed by atoms with van der Waals surface area (Å²) in [6.07, 6.45) is 8.60. The van der Waals surface area contributed by atoms with Gasteiger partial charge in [-0.15, -0.1) is 0 Å². The van der Waals surface area contributed by atoms with Crippen LogP contribution >= 0.6 is 0 Å². The van der Waals surface area contributed by atoms with Gasteiger partial charge >= 0.3 is 6.03 Å². The van der Waals surface area contributed by atoms with Crippen molar-refractivity contribution in [3.8, 4) is 0 Å². The minimum Gasteiger partial charge on any atom is -0.348 e. The number of urea groups is 1. The Bertz CT molecular complexity index is 481. The lowest BCUT2D eigenvalue weighted by Gasteiger charge is -2.33. The van der Waals surface area contributed by atoms with E-state index < -0.39 is 0 Å². The smallest absolute Gasteiger partial charge is 0.317 e. The summed E-state index contributed by atoms with van der Waals surface area (Å²) in [5, 5.41) is 3.21. The molecule has 1 N–H and O–H groups in total. The van der Waals surface area contributed by atoms with Crippen molar-refractivity contribution < 1.29 is 9.59 Å². The fourth-order valence-electron chi connectivity index (χ4n) is 4.01. The van der Waals surface area contributed by atoms with Crippen LogP contribution in [-0.4, -0.2) is 79.5 Å². The average Bonchev–Trinajstić information content (AvgIpc) is 3.00. The summed E-state index contributed by atoms with van der Waals surface area (Å²) in [6.45, 7) is 4.03. The summed E-state index contributed by atoms with van der Waals surface area (Å²) in [5.74, 6) is 1.45. The Balaban J connectivity index is 1.40. The molecule has 2 saturated heterocycles. The van der Waals surface area contributed by atoms with E-state index in [9.17, 15) is 9.59 Å². The molecule has 0 bridgehead atoms. The molecule has 2 heterocycles. The van der Waals surface area contributed by atoms with Crippen LogP contribution in [0.1, 0.15) is 25.7 Å². The lowest BCUT2D eigenvalue weighted by atomic mass is 9.86. The zero-order valence-corrected chi connectivity index (χ0v) is 14.9. The Morgan fingerprint density at radius 3 is 2.21 bits per heavy atom. The molecule has 0 aromatic carbocycles. The van der Waals surface area contributed by atoms with Crippen molar-refractivity contribution in [2.45, 2.75) is 31.7 Å². The molecule has 134 valence electrons. The predicted molar refractivity (Wildman–Crippen MR) is 93.6 cm³/mol. The van der Waals surface area contributed by atoms with Crippen LogP contribution < -0.4 is 5.32 Å². The fraction of sp³-hybridized carbons (Fsp3) is 0.778. The molecule has 6 heteroatoms. The molecule has 3 aliphatic rings. The van der Waals surface area contributed by atoms with Gasteiger partial charge in [0.05, 0.1) is 6.54 Å². The minimum absolute atomic E-state index is 0.104. The van der Waals surface area contributed by atoms with Crippen molar-refractivity contribution in [1.82, 2.24) is 20.0 Å². The van der Waals surface area contributed by atoms with Crippen molar-refractivity contribution in [2.75, 3.05) is 46.8 Å². The highest BCUT2D eigenvalue weighted by molar-refractivity contribution is 5.77. The molecule has 3 rings (SSSR count). The number of hydrogen-bond acceptors (Lipinski definition) is 3. The van der Waals surface area contributed by atoms with Gasteiger partial charge in [0.15, 0.2) is 0 Å². The number of likely N-dealkylation sites (N-methyl/N-ethyl adjacent to an activating group) is 1. The first-order chi connectivity index (χ1) is 11.5. The van der Waals surface area contributed by atoms with Crippen molar-refractivity contribution in [3.63, 3.8) is 0 Å². The van der Waals surface area contributed by atoms with Gasteiger partial charge in [0.2, 0.25) is 5.91 Å². The molecular formula is C18H30N4O2. The molecule has 0 aromatic heterocycles. The van der Waals surface area contributed by atoms with Gasteiger partial charge in [-0.25, -0.2) is 4.79 Å². The number of hydrogen-bond donors (Lipinski definition) is 1. The van der Waals surface area contributed by atoms with Gasteiger partial charge in [-0.2, -0.15) is 0 Å². The number of fused-ring (bicyclic) bond motifs is 1. The molecule has 2 unspecified atom stereocenters. The number of amides is 3. The van der Waals surface area contributed by atoms with Crippen LogP contribution in [0, 0.1) is 11.8 Å². The van der Waals surface area contributed by atoms with E-state index in [1.165, 1.54) is 0 Å². The van der Waals surface area contributed by atoms with Crippen molar-refractivity contribution in [2.24, 2.45) is 11.8 Å². The average molecular weight is 334 g/mol. The molecule has 3 amide bonds. The summed E-state index contributed by atoms with van der Waals surface area (Å²) >= 11 is 0. The molecule has 24 heavy (non-hydrogen) atoms. The van der Waals surface area contributed by atoms with Crippen LogP contribution in [-0.2, 0) is 4.79 Å². The molecule has 6 nitrogen and oxygen atoms in total. The third-order valence-corrected chi connectivity index (χ3v) is 5.68. The van der Waals surface area contributed by atoms with E-state index in [0.29, 0.717) is 18.4 Å². The van der Waals surface area contributed by atoms with Gasteiger partial charge in [0, 0.05) is 46.3 Å². The maximum Gasteiger partial charge on any atom is 0.317 e. The van der Waals surface area contributed by atoms with Crippen molar-refractivity contribution >= 4 is 11.9 Å². The summed E-state index contributed by atoms with van der Waals surface area (Å²) < 4.78 is 0. The Labute approximate surface area is 144 Å². The molecule has 0 aromatic rings. The van der Waals surface area contributed by atoms with Crippen LogP contribution in [0.15, 0.2) is 12.2 Å². The Morgan fingerprint density at radius 2 is 1.67 bits per heavy atom. The summed E-state index contributed by atoms with van der Waals surface area (Å²) in [5.41, 5.74) is 0. The summed E-state index contributed by atoms with van der Waals surface area (Å²) in [7, 11) is 3.58. The first kappa shape index (κ1) is 17.3. The van der Waals surface area contributed by atoms with Crippen LogP contribution in [0.5, 0.6) is 0 Å². The number of allylic oxidation sites excluding steroid dienone is 2. The standard InChI is InChI=1S/C18H30N4O2/c1-20(2)17(23)13-21-9-7-16(8-10-21)19-18(24)22-11-14-5-3-4-6-15(14)12-22/h3-4,14-16H,5-13H2,1-2H3,(H,19,24). The number of nitrogens with zero attached hydrogens (tertiary/aromatic N) is 3. The normalized spacial score (nSPS) is 27.8. The first-order valence-corrected chi connectivity index (χ1v) is 9.16.